The highest BCUT2D eigenvalue weighted by molar-refractivity contribution is 5.92. The van der Waals surface area contributed by atoms with E-state index in [-0.39, 0.29) is 11.9 Å². The highest BCUT2D eigenvalue weighted by Gasteiger charge is 2.16. The van der Waals surface area contributed by atoms with Crippen LogP contribution in [0.3, 0.4) is 0 Å². The highest BCUT2D eigenvalue weighted by atomic mass is 16.6. The van der Waals surface area contributed by atoms with E-state index >= 15 is 0 Å². The molecule has 3 rings (SSSR count). The van der Waals surface area contributed by atoms with Gasteiger partial charge in [-0.3, -0.25) is 4.79 Å². The van der Waals surface area contributed by atoms with Crippen LogP contribution in [0.5, 0.6) is 17.2 Å². The van der Waals surface area contributed by atoms with Gasteiger partial charge in [0.2, 0.25) is 5.91 Å². The summed E-state index contributed by atoms with van der Waals surface area (Å²) in [5.74, 6) is 2.09. The number of hydrogen-bond acceptors (Lipinski definition) is 4. The first kappa shape index (κ1) is 17.9. The van der Waals surface area contributed by atoms with Crippen LogP contribution in [0.4, 0.5) is 0 Å². The molecule has 5 nitrogen and oxygen atoms in total. The Labute approximate surface area is 153 Å². The number of carbonyl (C=O) groups is 1. The third-order valence-electron chi connectivity index (χ3n) is 4.21. The van der Waals surface area contributed by atoms with Crippen LogP contribution in [0.25, 0.3) is 6.08 Å². The summed E-state index contributed by atoms with van der Waals surface area (Å²) >= 11 is 0. The molecule has 0 bridgehead atoms. The zero-order valence-corrected chi connectivity index (χ0v) is 15.0. The Balaban J connectivity index is 1.67. The Morgan fingerprint density at radius 1 is 1.19 bits per heavy atom. The molecule has 26 heavy (non-hydrogen) atoms. The molecule has 0 radical (unpaired) electrons. The Morgan fingerprint density at radius 2 is 2.00 bits per heavy atom. The molecule has 1 amide bonds. The molecule has 0 fully saturated rings. The van der Waals surface area contributed by atoms with E-state index < -0.39 is 0 Å². The maximum absolute atomic E-state index is 12.3. The SMILES string of the molecule is CCC(NC(=O)C=Cc1cccc(OC)c1)c1ccc2c(c1)OCCO2. The normalized spacial score (nSPS) is 14.1. The van der Waals surface area contributed by atoms with Crippen LogP contribution in [-0.4, -0.2) is 26.2 Å². The standard InChI is InChI=1S/C21H23NO4/c1-3-18(16-8-9-19-20(14-16)26-12-11-25-19)22-21(23)10-7-15-5-4-6-17(13-15)24-2/h4-10,13-14,18H,3,11-12H2,1-2H3,(H,22,23). The molecule has 2 aromatic rings. The van der Waals surface area contributed by atoms with E-state index in [1.807, 2.05) is 49.4 Å². The fourth-order valence-electron chi connectivity index (χ4n) is 2.83. The van der Waals surface area contributed by atoms with Gasteiger partial charge in [-0.15, -0.1) is 0 Å². The second-order valence-corrected chi connectivity index (χ2v) is 5.98. The molecule has 1 aliphatic heterocycles. The molecule has 1 aliphatic rings. The van der Waals surface area contributed by atoms with Crippen molar-refractivity contribution in [1.29, 1.82) is 0 Å². The molecule has 0 saturated heterocycles. The molecule has 0 aliphatic carbocycles. The molecular weight excluding hydrogens is 330 g/mol. The van der Waals surface area contributed by atoms with Gasteiger partial charge in [0.25, 0.3) is 0 Å². The van der Waals surface area contributed by atoms with Crippen molar-refractivity contribution in [3.05, 3.63) is 59.7 Å². The fraction of sp³-hybridized carbons (Fsp3) is 0.286. The first-order chi connectivity index (χ1) is 12.7. The van der Waals surface area contributed by atoms with Gasteiger partial charge in [0.15, 0.2) is 11.5 Å². The molecule has 0 saturated carbocycles. The smallest absolute Gasteiger partial charge is 0.244 e. The van der Waals surface area contributed by atoms with Gasteiger partial charge >= 0.3 is 0 Å². The van der Waals surface area contributed by atoms with Crippen LogP contribution in [0, 0.1) is 0 Å². The third kappa shape index (κ3) is 4.36. The number of hydrogen-bond donors (Lipinski definition) is 1. The molecule has 1 unspecified atom stereocenters. The van der Waals surface area contributed by atoms with Gasteiger partial charge in [0.05, 0.1) is 13.2 Å². The molecule has 0 spiro atoms. The highest BCUT2D eigenvalue weighted by Crippen LogP contribution is 2.33. The minimum atomic E-state index is -0.144. The first-order valence-electron chi connectivity index (χ1n) is 8.71. The molecular formula is C21H23NO4. The fourth-order valence-corrected chi connectivity index (χ4v) is 2.83. The van der Waals surface area contributed by atoms with Crippen molar-refractivity contribution in [2.24, 2.45) is 0 Å². The van der Waals surface area contributed by atoms with Crippen molar-refractivity contribution >= 4 is 12.0 Å². The Morgan fingerprint density at radius 3 is 2.77 bits per heavy atom. The minimum absolute atomic E-state index is 0.0896. The summed E-state index contributed by atoms with van der Waals surface area (Å²) in [5, 5.41) is 3.04. The average Bonchev–Trinajstić information content (AvgIpc) is 2.70. The summed E-state index contributed by atoms with van der Waals surface area (Å²) in [6.45, 7) is 3.14. The summed E-state index contributed by atoms with van der Waals surface area (Å²) in [4.78, 5) is 12.3. The molecule has 5 heteroatoms. The largest absolute Gasteiger partial charge is 0.497 e. The van der Waals surface area contributed by atoms with E-state index in [2.05, 4.69) is 5.32 Å². The molecule has 2 aromatic carbocycles. The quantitative estimate of drug-likeness (QED) is 0.804. The predicted molar refractivity (Wildman–Crippen MR) is 101 cm³/mol. The number of amides is 1. The number of benzene rings is 2. The summed E-state index contributed by atoms with van der Waals surface area (Å²) in [5.41, 5.74) is 1.91. The van der Waals surface area contributed by atoms with Gasteiger partial charge in [-0.25, -0.2) is 0 Å². The van der Waals surface area contributed by atoms with Crippen LogP contribution in [-0.2, 0) is 4.79 Å². The second kappa shape index (κ2) is 8.43. The number of fused-ring (bicyclic) bond motifs is 1. The first-order valence-corrected chi connectivity index (χ1v) is 8.71. The predicted octanol–water partition coefficient (Wildman–Crippen LogP) is 3.75. The van der Waals surface area contributed by atoms with Crippen LogP contribution in [0.1, 0.15) is 30.5 Å². The number of nitrogens with one attached hydrogen (secondary N) is 1. The van der Waals surface area contributed by atoms with Crippen LogP contribution < -0.4 is 19.5 Å². The Bertz CT molecular complexity index is 800. The lowest BCUT2D eigenvalue weighted by atomic mass is 10.0. The van der Waals surface area contributed by atoms with Gasteiger partial charge < -0.3 is 19.5 Å². The van der Waals surface area contributed by atoms with Crippen molar-refractivity contribution in [1.82, 2.24) is 5.32 Å². The summed E-state index contributed by atoms with van der Waals surface area (Å²) < 4.78 is 16.4. The van der Waals surface area contributed by atoms with E-state index in [1.165, 1.54) is 6.08 Å². The maximum Gasteiger partial charge on any atom is 0.244 e. The third-order valence-corrected chi connectivity index (χ3v) is 4.21. The van der Waals surface area contributed by atoms with Crippen molar-refractivity contribution in [3.63, 3.8) is 0 Å². The van der Waals surface area contributed by atoms with E-state index in [1.54, 1.807) is 13.2 Å². The van der Waals surface area contributed by atoms with Crippen LogP contribution >= 0.6 is 0 Å². The lowest BCUT2D eigenvalue weighted by Gasteiger charge is -2.22. The van der Waals surface area contributed by atoms with Gasteiger partial charge in [-0.05, 0) is 47.9 Å². The van der Waals surface area contributed by atoms with E-state index in [9.17, 15) is 4.79 Å². The zero-order valence-electron chi connectivity index (χ0n) is 15.0. The number of methoxy groups -OCH3 is 1. The van der Waals surface area contributed by atoms with Gasteiger partial charge in [0, 0.05) is 6.08 Å². The Kier molecular flexibility index (Phi) is 5.79. The van der Waals surface area contributed by atoms with Crippen molar-refractivity contribution in [2.75, 3.05) is 20.3 Å². The summed E-state index contributed by atoms with van der Waals surface area (Å²) in [6.07, 6.45) is 4.09. The van der Waals surface area contributed by atoms with E-state index in [0.29, 0.717) is 13.2 Å². The molecule has 136 valence electrons. The average molecular weight is 353 g/mol. The molecule has 1 heterocycles. The second-order valence-electron chi connectivity index (χ2n) is 5.98. The van der Waals surface area contributed by atoms with Crippen molar-refractivity contribution in [3.8, 4) is 17.2 Å². The number of carbonyl (C=O) groups excluding carboxylic acids is 1. The van der Waals surface area contributed by atoms with E-state index in [4.69, 9.17) is 14.2 Å². The monoisotopic (exact) mass is 353 g/mol. The van der Waals surface area contributed by atoms with Crippen molar-refractivity contribution in [2.45, 2.75) is 19.4 Å². The van der Waals surface area contributed by atoms with Gasteiger partial charge in [-0.2, -0.15) is 0 Å². The van der Waals surface area contributed by atoms with Crippen molar-refractivity contribution < 1.29 is 19.0 Å². The molecule has 0 aromatic heterocycles. The topological polar surface area (TPSA) is 56.8 Å². The molecule has 1 N–H and O–H groups in total. The molecule has 1 atom stereocenters. The Hall–Kier alpha value is -2.95. The maximum atomic E-state index is 12.3. The number of ether oxygens (including phenoxy) is 3. The zero-order chi connectivity index (χ0) is 18.4. The summed E-state index contributed by atoms with van der Waals surface area (Å²) in [6, 6.07) is 13.3. The van der Waals surface area contributed by atoms with Crippen LogP contribution in [0.15, 0.2) is 48.5 Å². The lowest BCUT2D eigenvalue weighted by Crippen LogP contribution is -2.26. The summed E-state index contributed by atoms with van der Waals surface area (Å²) in [7, 11) is 1.62. The lowest BCUT2D eigenvalue weighted by molar-refractivity contribution is -0.117. The van der Waals surface area contributed by atoms with Gasteiger partial charge in [0.1, 0.15) is 19.0 Å². The van der Waals surface area contributed by atoms with Crippen LogP contribution in [0.2, 0.25) is 0 Å². The minimum Gasteiger partial charge on any atom is -0.497 e. The van der Waals surface area contributed by atoms with E-state index in [0.717, 1.165) is 34.8 Å². The number of rotatable bonds is 6. The van der Waals surface area contributed by atoms with Gasteiger partial charge in [-0.1, -0.05) is 25.1 Å².